The lowest BCUT2D eigenvalue weighted by Gasteiger charge is -2.22. The van der Waals surface area contributed by atoms with E-state index in [1.165, 1.54) is 12.1 Å². The van der Waals surface area contributed by atoms with Crippen molar-refractivity contribution in [2.75, 3.05) is 10.6 Å². The van der Waals surface area contributed by atoms with Crippen LogP contribution in [0, 0.1) is 0 Å². The number of anilines is 2. The van der Waals surface area contributed by atoms with Crippen LogP contribution in [0.4, 0.5) is 11.6 Å². The molecule has 0 unspecified atom stereocenters. The van der Waals surface area contributed by atoms with Gasteiger partial charge in [0.05, 0.1) is 10.9 Å². The zero-order valence-electron chi connectivity index (χ0n) is 28.5. The summed E-state index contributed by atoms with van der Waals surface area (Å²) in [5.41, 5.74) is 12.2. The molecule has 3 rings (SSSR count). The molecule has 282 valence electrons. The van der Waals surface area contributed by atoms with Crippen molar-refractivity contribution in [3.05, 3.63) is 76.2 Å². The van der Waals surface area contributed by atoms with E-state index >= 15 is 0 Å². The molecule has 0 aliphatic heterocycles. The van der Waals surface area contributed by atoms with Crippen molar-refractivity contribution in [2.24, 2.45) is 10.7 Å². The molecule has 3 amide bonds. The number of aromatic nitrogens is 2. The predicted molar refractivity (Wildman–Crippen MR) is 188 cm³/mol. The Labute approximate surface area is 301 Å². The molecule has 1 heterocycles. The molecule has 3 aromatic rings. The highest BCUT2D eigenvalue weighted by Crippen LogP contribution is 2.21. The summed E-state index contributed by atoms with van der Waals surface area (Å²) < 4.78 is 0. The second-order valence-corrected chi connectivity index (χ2v) is 11.7. The van der Waals surface area contributed by atoms with Crippen molar-refractivity contribution in [2.45, 2.75) is 70.1 Å². The number of primary amides is 1. The van der Waals surface area contributed by atoms with Gasteiger partial charge in [-0.15, -0.1) is 0 Å². The molecule has 19 heteroatoms. The smallest absolute Gasteiger partial charge is 0.328 e. The summed E-state index contributed by atoms with van der Waals surface area (Å²) in [6.07, 6.45) is 1.08. The molecule has 2 aromatic carbocycles. The largest absolute Gasteiger partial charge is 0.858 e. The standard InChI is InChI=1S/C34H40N8O11/c1-2-15-42(17-18-3-8-22-21(16-18)30(47)41-34(36)40-22)20-6-4-19(5-7-20)29(46)39-25(33(52)53)11-14-28(45)38-24(32(50)51)10-13-27(44)37-23(31(48)49)9-12-26(35)43/h2-8,15-16,23-25H,9-14,17H2,1H3,(H2,35,43)(H,37,44)(H,38,45)(H,39,46)(H,48,49)(H,50,51)(H,52,53)(H3,36,40,41,47)/p-1/t23-,24-,25-/m0/s1. The minimum Gasteiger partial charge on any atom is -0.858 e. The SMILES string of the molecule is CC=CN(Cc1ccc2nc(N)[nH]c(=O)c2c1)c1ccc(C([O-])=N[C@@H](CCC(=O)N[C@@H](CCC(=O)N[C@@H](CCC(N)=O)C(=O)O)C(=O)O)C(=O)O)cc1. The van der Waals surface area contributed by atoms with Gasteiger partial charge >= 0.3 is 17.9 Å². The van der Waals surface area contributed by atoms with Crippen LogP contribution in [-0.4, -0.2) is 84.9 Å². The topological polar surface area (TPSA) is 324 Å². The fourth-order valence-corrected chi connectivity index (χ4v) is 5.04. The van der Waals surface area contributed by atoms with E-state index in [1.54, 1.807) is 42.6 Å². The highest BCUT2D eigenvalue weighted by Gasteiger charge is 2.25. The van der Waals surface area contributed by atoms with Crippen LogP contribution in [0.5, 0.6) is 0 Å². The number of aliphatic carboxylic acids is 3. The van der Waals surface area contributed by atoms with Crippen molar-refractivity contribution in [3.63, 3.8) is 0 Å². The first-order valence-corrected chi connectivity index (χ1v) is 16.2. The third-order valence-electron chi connectivity index (χ3n) is 7.73. The molecule has 0 spiro atoms. The van der Waals surface area contributed by atoms with Gasteiger partial charge in [-0.2, -0.15) is 0 Å². The van der Waals surface area contributed by atoms with Crippen LogP contribution in [0.1, 0.15) is 56.6 Å². The van der Waals surface area contributed by atoms with Crippen molar-refractivity contribution >= 4 is 64.1 Å². The van der Waals surface area contributed by atoms with Gasteiger partial charge in [-0.3, -0.25) is 29.2 Å². The number of carbonyl (C=O) groups is 6. The van der Waals surface area contributed by atoms with E-state index in [-0.39, 0.29) is 29.9 Å². The van der Waals surface area contributed by atoms with Crippen LogP contribution in [0.25, 0.3) is 10.9 Å². The first kappa shape index (κ1) is 40.6. The first-order valence-electron chi connectivity index (χ1n) is 16.2. The van der Waals surface area contributed by atoms with Crippen LogP contribution in [0.15, 0.2) is 64.5 Å². The van der Waals surface area contributed by atoms with Gasteiger partial charge in [-0.1, -0.05) is 24.3 Å². The Hall–Kier alpha value is -6.79. The van der Waals surface area contributed by atoms with Crippen LogP contribution in [0.3, 0.4) is 0 Å². The van der Waals surface area contributed by atoms with Gasteiger partial charge in [0.15, 0.2) is 0 Å². The lowest BCUT2D eigenvalue weighted by molar-refractivity contribution is -0.213. The average Bonchev–Trinajstić information content (AvgIpc) is 3.09. The number of aromatic amines is 1. The highest BCUT2D eigenvalue weighted by molar-refractivity contribution is 5.93. The number of nitrogens with two attached hydrogens (primary N) is 2. The minimum absolute atomic E-state index is 0.00432. The Balaban J connectivity index is 1.61. The molecule has 3 atom stereocenters. The molecule has 0 radical (unpaired) electrons. The van der Waals surface area contributed by atoms with Crippen molar-refractivity contribution < 1.29 is 49.2 Å². The number of benzene rings is 2. The fourth-order valence-electron chi connectivity index (χ4n) is 5.04. The zero-order chi connectivity index (χ0) is 39.2. The number of nitrogen functional groups attached to an aromatic ring is 1. The summed E-state index contributed by atoms with van der Waals surface area (Å²) >= 11 is 0. The number of amides is 3. The van der Waals surface area contributed by atoms with Crippen LogP contribution in [0.2, 0.25) is 0 Å². The summed E-state index contributed by atoms with van der Waals surface area (Å²) in [4.78, 5) is 95.1. The van der Waals surface area contributed by atoms with Gasteiger partial charge in [0.25, 0.3) is 5.56 Å². The Morgan fingerprint density at radius 3 is 2.04 bits per heavy atom. The molecule has 0 bridgehead atoms. The Bertz CT molecular complexity index is 1960. The maximum absolute atomic E-state index is 12.9. The molecule has 0 saturated carbocycles. The normalized spacial score (nSPS) is 13.2. The Morgan fingerprint density at radius 2 is 1.49 bits per heavy atom. The van der Waals surface area contributed by atoms with Gasteiger partial charge in [-0.05, 0) is 67.5 Å². The molecular formula is C34H39N8O11-. The zero-order valence-corrected chi connectivity index (χ0v) is 28.5. The van der Waals surface area contributed by atoms with E-state index in [0.717, 1.165) is 5.56 Å². The second kappa shape index (κ2) is 19.0. The molecule has 1 aromatic heterocycles. The molecule has 0 aliphatic carbocycles. The fraction of sp³-hybridized carbons (Fsp3) is 0.324. The molecule has 53 heavy (non-hydrogen) atoms. The van der Waals surface area contributed by atoms with Gasteiger partial charge < -0.3 is 47.4 Å². The number of carbonyl (C=O) groups excluding carboxylic acids is 3. The molecule has 19 nitrogen and oxygen atoms in total. The predicted octanol–water partition coefficient (Wildman–Crippen LogP) is -0.430. The lowest BCUT2D eigenvalue weighted by atomic mass is 10.1. The number of rotatable bonds is 20. The van der Waals surface area contributed by atoms with Crippen molar-refractivity contribution in [1.82, 2.24) is 20.6 Å². The van der Waals surface area contributed by atoms with Crippen LogP contribution in [-0.2, 0) is 35.3 Å². The molecule has 0 saturated heterocycles. The van der Waals surface area contributed by atoms with E-state index in [0.29, 0.717) is 23.1 Å². The van der Waals surface area contributed by atoms with Gasteiger partial charge in [-0.25, -0.2) is 19.4 Å². The number of aliphatic imine (C=N–C) groups is 1. The summed E-state index contributed by atoms with van der Waals surface area (Å²) in [6, 6.07) is 6.65. The van der Waals surface area contributed by atoms with Gasteiger partial charge in [0.2, 0.25) is 23.7 Å². The van der Waals surface area contributed by atoms with Crippen molar-refractivity contribution in [3.8, 4) is 0 Å². The van der Waals surface area contributed by atoms with E-state index in [1.807, 2.05) is 11.8 Å². The summed E-state index contributed by atoms with van der Waals surface area (Å²) in [7, 11) is 0. The number of nitrogens with one attached hydrogen (secondary N) is 3. The second-order valence-electron chi connectivity index (χ2n) is 11.7. The molecular weight excluding hydrogens is 696 g/mol. The third-order valence-corrected chi connectivity index (χ3v) is 7.73. The van der Waals surface area contributed by atoms with E-state index in [4.69, 9.17) is 11.5 Å². The number of carboxylic acid groups (broad SMARTS) is 3. The number of hydrogen-bond donors (Lipinski definition) is 8. The number of hydrogen-bond acceptors (Lipinski definition) is 12. The molecule has 0 fully saturated rings. The number of allylic oxidation sites excluding steroid dienone is 1. The highest BCUT2D eigenvalue weighted by atomic mass is 16.4. The third kappa shape index (κ3) is 12.5. The van der Waals surface area contributed by atoms with Crippen LogP contribution >= 0.6 is 0 Å². The van der Waals surface area contributed by atoms with Crippen molar-refractivity contribution in [1.29, 1.82) is 0 Å². The van der Waals surface area contributed by atoms with Gasteiger partial charge in [0.1, 0.15) is 18.1 Å². The van der Waals surface area contributed by atoms with Crippen LogP contribution < -0.4 is 37.7 Å². The van der Waals surface area contributed by atoms with E-state index in [2.05, 4.69) is 25.6 Å². The number of fused-ring (bicyclic) bond motifs is 1. The summed E-state index contributed by atoms with van der Waals surface area (Å²) in [5.74, 6) is -7.80. The average molecular weight is 736 g/mol. The van der Waals surface area contributed by atoms with Gasteiger partial charge in [0, 0.05) is 37.7 Å². The monoisotopic (exact) mass is 735 g/mol. The summed E-state index contributed by atoms with van der Waals surface area (Å²) in [5, 5.41) is 46.0. The molecule has 10 N–H and O–H groups in total. The number of nitrogens with zero attached hydrogens (tertiary/aromatic N) is 3. The van der Waals surface area contributed by atoms with E-state index < -0.39 is 85.3 Å². The minimum atomic E-state index is -1.64. The van der Waals surface area contributed by atoms with E-state index in [9.17, 15) is 54.0 Å². The molecule has 0 aliphatic rings. The number of carboxylic acids is 3. The Kier molecular flexibility index (Phi) is 14.6. The summed E-state index contributed by atoms with van der Waals surface area (Å²) in [6.45, 7) is 2.15. The quantitative estimate of drug-likeness (QED) is 0.0539. The lowest BCUT2D eigenvalue weighted by Crippen LogP contribution is -2.44. The maximum atomic E-state index is 12.9. The maximum Gasteiger partial charge on any atom is 0.328 e. The number of H-pyrrole nitrogens is 1. The Morgan fingerprint density at radius 1 is 0.906 bits per heavy atom. The first-order chi connectivity index (χ1) is 25.1.